The van der Waals surface area contributed by atoms with E-state index in [1.54, 1.807) is 17.9 Å². The standard InChI is InChI=1S/C22H23N3O2/c1-15-23-19-12-6-5-11-18(19)22(27)25(15)14-21(26)24(2)20-13-7-9-16-8-3-4-10-17(16)20/h3-6,8,10-12,20H,7,9,13-14H2,1-2H3/t20-/m0/s1. The third-order valence-electron chi connectivity index (χ3n) is 5.54. The molecule has 5 heteroatoms. The molecule has 0 spiro atoms. The molecule has 1 aromatic heterocycles. The number of fused-ring (bicyclic) bond motifs is 2. The maximum absolute atomic E-state index is 13.0. The molecule has 1 atom stereocenters. The first-order valence-electron chi connectivity index (χ1n) is 9.36. The average molecular weight is 361 g/mol. The Hall–Kier alpha value is -2.95. The van der Waals surface area contributed by atoms with E-state index >= 15 is 0 Å². The molecule has 1 aliphatic rings. The molecule has 1 heterocycles. The molecule has 0 radical (unpaired) electrons. The smallest absolute Gasteiger partial charge is 0.261 e. The van der Waals surface area contributed by atoms with E-state index in [1.807, 2.05) is 37.4 Å². The van der Waals surface area contributed by atoms with Crippen LogP contribution in [0.15, 0.2) is 53.3 Å². The Bertz CT molecular complexity index is 1070. The van der Waals surface area contributed by atoms with Crippen LogP contribution >= 0.6 is 0 Å². The van der Waals surface area contributed by atoms with E-state index in [0.717, 1.165) is 19.3 Å². The van der Waals surface area contributed by atoms with Gasteiger partial charge in [-0.1, -0.05) is 36.4 Å². The van der Waals surface area contributed by atoms with E-state index in [9.17, 15) is 9.59 Å². The normalized spacial score (nSPS) is 16.1. The summed E-state index contributed by atoms with van der Waals surface area (Å²) in [5.41, 5.74) is 3.04. The summed E-state index contributed by atoms with van der Waals surface area (Å²) in [6.45, 7) is 1.79. The molecule has 0 fully saturated rings. The number of carbonyl (C=O) groups is 1. The molecular weight excluding hydrogens is 338 g/mol. The predicted octanol–water partition coefficient (Wildman–Crippen LogP) is 3.24. The van der Waals surface area contributed by atoms with Gasteiger partial charge in [0.2, 0.25) is 5.91 Å². The highest BCUT2D eigenvalue weighted by Crippen LogP contribution is 2.33. The fraction of sp³-hybridized carbons (Fsp3) is 0.318. The van der Waals surface area contributed by atoms with Crippen molar-refractivity contribution in [2.75, 3.05) is 7.05 Å². The lowest BCUT2D eigenvalue weighted by Gasteiger charge is -2.33. The summed E-state index contributed by atoms with van der Waals surface area (Å²) in [5, 5.41) is 0.543. The van der Waals surface area contributed by atoms with Crippen LogP contribution in [-0.2, 0) is 17.8 Å². The number of likely N-dealkylation sites (N-methyl/N-ethyl adjacent to an activating group) is 1. The third kappa shape index (κ3) is 3.14. The summed E-state index contributed by atoms with van der Waals surface area (Å²) in [6, 6.07) is 15.6. The number of carbonyl (C=O) groups excluding carboxylic acids is 1. The van der Waals surface area contributed by atoms with Gasteiger partial charge in [-0.05, 0) is 49.4 Å². The number of aryl methyl sites for hydroxylation is 2. The number of nitrogens with zero attached hydrogens (tertiary/aromatic N) is 3. The second-order valence-corrected chi connectivity index (χ2v) is 7.18. The molecule has 27 heavy (non-hydrogen) atoms. The van der Waals surface area contributed by atoms with Crippen LogP contribution in [0.3, 0.4) is 0 Å². The van der Waals surface area contributed by atoms with Gasteiger partial charge < -0.3 is 4.90 Å². The molecule has 5 nitrogen and oxygen atoms in total. The van der Waals surface area contributed by atoms with Crippen molar-refractivity contribution < 1.29 is 4.79 Å². The lowest BCUT2D eigenvalue weighted by Crippen LogP contribution is -2.38. The van der Waals surface area contributed by atoms with E-state index in [4.69, 9.17) is 0 Å². The topological polar surface area (TPSA) is 55.2 Å². The maximum atomic E-state index is 13.0. The minimum absolute atomic E-state index is 0.0116. The number of amides is 1. The SMILES string of the molecule is Cc1nc2ccccc2c(=O)n1CC(=O)N(C)[C@H]1CCCc2ccccc21. The van der Waals surface area contributed by atoms with Crippen molar-refractivity contribution in [2.45, 2.75) is 38.8 Å². The van der Waals surface area contributed by atoms with Crippen LogP contribution in [0.25, 0.3) is 10.9 Å². The second-order valence-electron chi connectivity index (χ2n) is 7.18. The van der Waals surface area contributed by atoms with Crippen LogP contribution in [0, 0.1) is 6.92 Å². The molecule has 0 saturated heterocycles. The van der Waals surface area contributed by atoms with Crippen molar-refractivity contribution in [1.82, 2.24) is 14.5 Å². The first kappa shape index (κ1) is 17.5. The highest BCUT2D eigenvalue weighted by atomic mass is 16.2. The van der Waals surface area contributed by atoms with Gasteiger partial charge >= 0.3 is 0 Å². The van der Waals surface area contributed by atoms with E-state index in [0.29, 0.717) is 16.7 Å². The minimum atomic E-state index is -0.163. The molecule has 2 aromatic carbocycles. The zero-order valence-electron chi connectivity index (χ0n) is 15.7. The summed E-state index contributed by atoms with van der Waals surface area (Å²) in [7, 11) is 1.84. The number of hydrogen-bond acceptors (Lipinski definition) is 3. The van der Waals surface area contributed by atoms with Crippen LogP contribution < -0.4 is 5.56 Å². The van der Waals surface area contributed by atoms with E-state index in [2.05, 4.69) is 17.1 Å². The predicted molar refractivity (Wildman–Crippen MR) is 106 cm³/mol. The second kappa shape index (κ2) is 6.99. The van der Waals surface area contributed by atoms with Gasteiger partial charge in [-0.15, -0.1) is 0 Å². The van der Waals surface area contributed by atoms with E-state index in [-0.39, 0.29) is 24.1 Å². The first-order valence-corrected chi connectivity index (χ1v) is 9.36. The van der Waals surface area contributed by atoms with Crippen molar-refractivity contribution in [3.05, 3.63) is 75.8 Å². The lowest BCUT2D eigenvalue weighted by atomic mass is 9.87. The Morgan fingerprint density at radius 2 is 1.93 bits per heavy atom. The molecule has 4 rings (SSSR count). The Morgan fingerprint density at radius 1 is 1.19 bits per heavy atom. The van der Waals surface area contributed by atoms with Gasteiger partial charge in [0, 0.05) is 7.05 Å². The summed E-state index contributed by atoms with van der Waals surface area (Å²) in [5.74, 6) is 0.489. The van der Waals surface area contributed by atoms with Crippen molar-refractivity contribution >= 4 is 16.8 Å². The molecule has 138 valence electrons. The molecule has 0 unspecified atom stereocenters. The fourth-order valence-electron chi connectivity index (χ4n) is 4.02. The number of aromatic nitrogens is 2. The highest BCUT2D eigenvalue weighted by molar-refractivity contribution is 5.79. The monoisotopic (exact) mass is 361 g/mol. The summed E-state index contributed by atoms with van der Waals surface area (Å²) < 4.78 is 1.48. The largest absolute Gasteiger partial charge is 0.337 e. The summed E-state index contributed by atoms with van der Waals surface area (Å²) in [4.78, 5) is 32.1. The number of para-hydroxylation sites is 1. The lowest BCUT2D eigenvalue weighted by molar-refractivity contribution is -0.133. The zero-order chi connectivity index (χ0) is 19.0. The molecule has 0 N–H and O–H groups in total. The summed E-state index contributed by atoms with van der Waals surface area (Å²) in [6.07, 6.45) is 3.07. The van der Waals surface area contributed by atoms with Crippen LogP contribution in [0.5, 0.6) is 0 Å². The maximum Gasteiger partial charge on any atom is 0.261 e. The van der Waals surface area contributed by atoms with Gasteiger partial charge in [0.05, 0.1) is 16.9 Å². The Labute approximate surface area is 158 Å². The van der Waals surface area contributed by atoms with Crippen LogP contribution in [-0.4, -0.2) is 27.4 Å². The summed E-state index contributed by atoms with van der Waals surface area (Å²) >= 11 is 0. The van der Waals surface area contributed by atoms with Gasteiger partial charge in [0.25, 0.3) is 5.56 Å². The molecule has 0 saturated carbocycles. The molecule has 1 aliphatic carbocycles. The molecule has 1 amide bonds. The van der Waals surface area contributed by atoms with Gasteiger partial charge in [0.15, 0.2) is 0 Å². The molecule has 0 aliphatic heterocycles. The minimum Gasteiger partial charge on any atom is -0.337 e. The van der Waals surface area contributed by atoms with E-state index < -0.39 is 0 Å². The first-order chi connectivity index (χ1) is 13.1. The van der Waals surface area contributed by atoms with E-state index in [1.165, 1.54) is 15.7 Å². The van der Waals surface area contributed by atoms with Gasteiger partial charge in [-0.25, -0.2) is 4.98 Å². The van der Waals surface area contributed by atoms with Crippen molar-refractivity contribution in [3.8, 4) is 0 Å². The van der Waals surface area contributed by atoms with Crippen LogP contribution in [0.1, 0.15) is 35.8 Å². The quantitative estimate of drug-likeness (QED) is 0.720. The number of rotatable bonds is 3. The number of hydrogen-bond donors (Lipinski definition) is 0. The van der Waals surface area contributed by atoms with Gasteiger partial charge in [-0.2, -0.15) is 0 Å². The van der Waals surface area contributed by atoms with Crippen molar-refractivity contribution in [3.63, 3.8) is 0 Å². The third-order valence-corrected chi connectivity index (χ3v) is 5.54. The highest BCUT2D eigenvalue weighted by Gasteiger charge is 2.27. The average Bonchev–Trinajstić information content (AvgIpc) is 2.70. The Kier molecular flexibility index (Phi) is 4.52. The molecular formula is C22H23N3O2. The molecule has 0 bridgehead atoms. The van der Waals surface area contributed by atoms with Gasteiger partial charge in [0.1, 0.15) is 12.4 Å². The molecule has 3 aromatic rings. The zero-order valence-corrected chi connectivity index (χ0v) is 15.7. The van der Waals surface area contributed by atoms with Crippen molar-refractivity contribution in [2.24, 2.45) is 0 Å². The van der Waals surface area contributed by atoms with Crippen LogP contribution in [0.4, 0.5) is 0 Å². The van der Waals surface area contributed by atoms with Crippen molar-refractivity contribution in [1.29, 1.82) is 0 Å². The van der Waals surface area contributed by atoms with Gasteiger partial charge in [-0.3, -0.25) is 14.2 Å². The number of benzene rings is 2. The Morgan fingerprint density at radius 3 is 2.78 bits per heavy atom. The van der Waals surface area contributed by atoms with Crippen LogP contribution in [0.2, 0.25) is 0 Å². The Balaban J connectivity index is 1.64. The fourth-order valence-corrected chi connectivity index (χ4v) is 4.02.